The zero-order chi connectivity index (χ0) is 2.71. The molecule has 0 rings (SSSR count). The average molecular weight is 137 g/mol. The number of nitrogens with zero attached hydrogens (tertiary/aromatic N) is 1. The third-order valence-corrected chi connectivity index (χ3v) is 0. The van der Waals surface area contributed by atoms with E-state index in [-0.39, 0.29) is 18.9 Å². The van der Waals surface area contributed by atoms with E-state index in [9.17, 15) is 0 Å². The van der Waals surface area contributed by atoms with E-state index < -0.39 is 0 Å². The fraction of sp³-hybridized carbons (Fsp3) is 0. The minimum absolute atomic E-state index is 0. The van der Waals surface area contributed by atoms with Gasteiger partial charge in [-0.15, -0.1) is 0 Å². The number of nitriles is 1. The SMILES string of the molecule is N#[C][Rh].[LiH]. The summed E-state index contributed by atoms with van der Waals surface area (Å²) in [5.74, 6) is 0. The van der Waals surface area contributed by atoms with Crippen molar-refractivity contribution in [3.05, 3.63) is 0 Å². The van der Waals surface area contributed by atoms with Crippen LogP contribution < -0.4 is 0 Å². The van der Waals surface area contributed by atoms with Gasteiger partial charge in [-0.05, 0) is 0 Å². The van der Waals surface area contributed by atoms with Gasteiger partial charge in [-0.2, -0.15) is 0 Å². The first kappa shape index (κ1) is 8.83. The summed E-state index contributed by atoms with van der Waals surface area (Å²) in [5.41, 5.74) is 0. The Labute approximate surface area is 47.2 Å². The summed E-state index contributed by atoms with van der Waals surface area (Å²) in [7, 11) is 0. The molecule has 0 aromatic carbocycles. The van der Waals surface area contributed by atoms with Crippen LogP contribution in [0.3, 0.4) is 0 Å². The summed E-state index contributed by atoms with van der Waals surface area (Å²) >= 11 is 2.03. The molecule has 0 heterocycles. The fourth-order valence-electron chi connectivity index (χ4n) is 0. The van der Waals surface area contributed by atoms with Gasteiger partial charge in [-0.25, -0.2) is 0 Å². The first-order valence-electron chi connectivity index (χ1n) is 0.390. The van der Waals surface area contributed by atoms with Crippen LogP contribution >= 0.6 is 0 Å². The molecule has 0 spiro atoms. The van der Waals surface area contributed by atoms with E-state index in [0.717, 1.165) is 0 Å². The summed E-state index contributed by atoms with van der Waals surface area (Å²) in [5, 5.41) is 7.27. The standard InChI is InChI=1S/CN.Li.Rh.H/c1-2;;;. The molecule has 0 aliphatic rings. The third kappa shape index (κ3) is 15.7. The van der Waals surface area contributed by atoms with Crippen LogP contribution in [0, 0.1) is 9.93 Å². The van der Waals surface area contributed by atoms with Gasteiger partial charge in [0.05, 0.1) is 0 Å². The predicted molar refractivity (Wildman–Crippen MR) is 12.8 cm³/mol. The van der Waals surface area contributed by atoms with Gasteiger partial charge in [-0.3, -0.25) is 0 Å². The van der Waals surface area contributed by atoms with Crippen LogP contribution in [-0.4, -0.2) is 18.9 Å². The second-order valence-corrected chi connectivity index (χ2v) is 0.441. The van der Waals surface area contributed by atoms with Gasteiger partial charge < -0.3 is 0 Å². The van der Waals surface area contributed by atoms with Gasteiger partial charge in [0.15, 0.2) is 0 Å². The molecule has 0 aliphatic heterocycles. The molecule has 1 nitrogen and oxygen atoms in total. The monoisotopic (exact) mass is 137 g/mol. The quantitative estimate of drug-likeness (QED) is 0.407. The Balaban J connectivity index is 0. The van der Waals surface area contributed by atoms with E-state index in [1.165, 1.54) is 0 Å². The van der Waals surface area contributed by atoms with Gasteiger partial charge in [0, 0.05) is 0 Å². The summed E-state index contributed by atoms with van der Waals surface area (Å²) in [6.07, 6.45) is 0. The van der Waals surface area contributed by atoms with Gasteiger partial charge in [0.25, 0.3) is 0 Å². The van der Waals surface area contributed by atoms with Gasteiger partial charge in [0.2, 0.25) is 0 Å². The van der Waals surface area contributed by atoms with E-state index in [2.05, 4.69) is 0 Å². The van der Waals surface area contributed by atoms with Crippen molar-refractivity contribution in [1.29, 1.82) is 5.26 Å². The molecule has 0 aliphatic carbocycles. The van der Waals surface area contributed by atoms with Gasteiger partial charge in [0.1, 0.15) is 0 Å². The number of hydrogen-bond donors (Lipinski definition) is 0. The van der Waals surface area contributed by atoms with Crippen LogP contribution in [0.5, 0.6) is 0 Å². The van der Waals surface area contributed by atoms with E-state index in [1.54, 1.807) is 4.66 Å². The van der Waals surface area contributed by atoms with E-state index in [4.69, 9.17) is 5.26 Å². The van der Waals surface area contributed by atoms with Crippen LogP contribution in [-0.2, 0) is 18.3 Å². The zero-order valence-electron chi connectivity index (χ0n) is 1.28. The molecule has 0 saturated carbocycles. The van der Waals surface area contributed by atoms with Crippen molar-refractivity contribution in [2.45, 2.75) is 0 Å². The summed E-state index contributed by atoms with van der Waals surface area (Å²) in [6, 6.07) is 0. The molecule has 0 radical (unpaired) electrons. The Morgan fingerprint density at radius 3 is 1.75 bits per heavy atom. The molecule has 0 amide bonds. The zero-order valence-corrected chi connectivity index (χ0v) is 2.92. The Bertz CT molecular complexity index is 29.5. The molecular formula is CHLiNRh. The van der Waals surface area contributed by atoms with Crippen molar-refractivity contribution in [3.63, 3.8) is 0 Å². The average Bonchev–Trinajstić information content (AvgIpc) is 0.918. The van der Waals surface area contributed by atoms with E-state index in [1.807, 2.05) is 18.3 Å². The van der Waals surface area contributed by atoms with Gasteiger partial charge >= 0.3 is 47.1 Å². The second-order valence-electron chi connectivity index (χ2n) is 0.0745. The third-order valence-electron chi connectivity index (χ3n) is 0. The molecule has 0 bridgehead atoms. The summed E-state index contributed by atoms with van der Waals surface area (Å²) in [6.45, 7) is 0. The fourth-order valence-corrected chi connectivity index (χ4v) is 0. The Morgan fingerprint density at radius 2 is 1.75 bits per heavy atom. The Hall–Kier alpha value is 0.711. The molecular weight excluding hydrogens is 136 g/mol. The Kier molecular flexibility index (Phi) is 20.6. The van der Waals surface area contributed by atoms with Crippen LogP contribution in [0.2, 0.25) is 0 Å². The molecule has 4 heavy (non-hydrogen) atoms. The van der Waals surface area contributed by atoms with Crippen molar-refractivity contribution in [2.75, 3.05) is 0 Å². The normalized spacial score (nSPS) is 2.25. The topological polar surface area (TPSA) is 23.8 Å². The molecule has 0 unspecified atom stereocenters. The van der Waals surface area contributed by atoms with Gasteiger partial charge in [-0.1, -0.05) is 0 Å². The van der Waals surface area contributed by atoms with Crippen molar-refractivity contribution >= 4 is 18.9 Å². The van der Waals surface area contributed by atoms with Crippen molar-refractivity contribution in [3.8, 4) is 4.66 Å². The van der Waals surface area contributed by atoms with Crippen LogP contribution in [0.15, 0.2) is 0 Å². The Morgan fingerprint density at radius 1 is 1.75 bits per heavy atom. The predicted octanol–water partition coefficient (Wildman–Crippen LogP) is -0.634. The van der Waals surface area contributed by atoms with Crippen LogP contribution in [0.4, 0.5) is 0 Å². The molecule has 0 fully saturated rings. The maximum absolute atomic E-state index is 7.27. The molecule has 0 N–H and O–H groups in total. The number of hydrogen-bond acceptors (Lipinski definition) is 1. The first-order chi connectivity index (χ1) is 1.41. The van der Waals surface area contributed by atoms with Crippen LogP contribution in [0.1, 0.15) is 0 Å². The minimum atomic E-state index is 0. The second kappa shape index (κ2) is 9.32. The first-order valence-corrected chi connectivity index (χ1v) is 1.21. The van der Waals surface area contributed by atoms with Crippen molar-refractivity contribution in [1.82, 2.24) is 0 Å². The summed E-state index contributed by atoms with van der Waals surface area (Å²) < 4.78 is 1.64. The molecule has 0 saturated heterocycles. The molecule has 20 valence electrons. The maximum atomic E-state index is 7.27. The number of rotatable bonds is 0. The van der Waals surface area contributed by atoms with E-state index >= 15 is 0 Å². The molecule has 3 heteroatoms. The van der Waals surface area contributed by atoms with E-state index in [0.29, 0.717) is 0 Å². The molecule has 0 aromatic rings. The summed E-state index contributed by atoms with van der Waals surface area (Å²) in [4.78, 5) is 0. The van der Waals surface area contributed by atoms with Crippen molar-refractivity contribution < 1.29 is 18.3 Å². The van der Waals surface area contributed by atoms with Crippen LogP contribution in [0.25, 0.3) is 0 Å². The molecule has 0 aromatic heterocycles. The van der Waals surface area contributed by atoms with Crippen molar-refractivity contribution in [2.24, 2.45) is 0 Å². The molecule has 0 atom stereocenters.